The van der Waals surface area contributed by atoms with Crippen molar-refractivity contribution in [2.75, 3.05) is 0 Å². The molecule has 0 N–H and O–H groups in total. The summed E-state index contributed by atoms with van der Waals surface area (Å²) in [6, 6.07) is 6.19. The van der Waals surface area contributed by atoms with Crippen LogP contribution in [0.15, 0.2) is 38.6 Å². The van der Waals surface area contributed by atoms with E-state index in [4.69, 9.17) is 4.52 Å². The molecule has 3 rings (SSSR count). The third-order valence-corrected chi connectivity index (χ3v) is 4.67. The molecule has 1 aromatic carbocycles. The second-order valence-electron chi connectivity index (χ2n) is 4.08. The van der Waals surface area contributed by atoms with Gasteiger partial charge >= 0.3 is 0 Å². The molecular formula is C13H10FN3OS2. The zero-order valence-electron chi connectivity index (χ0n) is 10.5. The summed E-state index contributed by atoms with van der Waals surface area (Å²) in [6.45, 7) is 1.95. The molecule has 0 amide bonds. The van der Waals surface area contributed by atoms with Gasteiger partial charge in [-0.25, -0.2) is 4.39 Å². The Hall–Kier alpha value is -1.73. The minimum atomic E-state index is -0.266. The normalized spacial score (nSPS) is 10.9. The van der Waals surface area contributed by atoms with Gasteiger partial charge in [-0.15, -0.1) is 10.2 Å². The van der Waals surface area contributed by atoms with E-state index in [-0.39, 0.29) is 5.82 Å². The molecule has 0 bridgehead atoms. The maximum atomic E-state index is 12.9. The zero-order valence-corrected chi connectivity index (χ0v) is 12.2. The highest BCUT2D eigenvalue weighted by atomic mass is 32.2. The van der Waals surface area contributed by atoms with Crippen molar-refractivity contribution in [1.82, 2.24) is 15.4 Å². The van der Waals surface area contributed by atoms with Gasteiger partial charge in [0.05, 0.1) is 5.69 Å². The number of halogens is 1. The lowest BCUT2D eigenvalue weighted by Crippen LogP contribution is -1.85. The summed E-state index contributed by atoms with van der Waals surface area (Å²) < 4.78 is 19.2. The van der Waals surface area contributed by atoms with Crippen LogP contribution in [0.1, 0.15) is 11.3 Å². The molecule has 2 aromatic heterocycles. The molecule has 102 valence electrons. The Morgan fingerprint density at radius 1 is 1.30 bits per heavy atom. The molecule has 0 aliphatic rings. The SMILES string of the molecule is Cc1c(CSc2nncs2)noc1-c1ccc(F)cc1. The van der Waals surface area contributed by atoms with Crippen molar-refractivity contribution >= 4 is 23.1 Å². The minimum absolute atomic E-state index is 0.266. The molecule has 7 heteroatoms. The van der Waals surface area contributed by atoms with Crippen LogP contribution in [0.4, 0.5) is 4.39 Å². The van der Waals surface area contributed by atoms with Crippen molar-refractivity contribution in [2.24, 2.45) is 0 Å². The van der Waals surface area contributed by atoms with Gasteiger partial charge in [-0.1, -0.05) is 28.3 Å². The first-order valence-electron chi connectivity index (χ1n) is 5.84. The first kappa shape index (κ1) is 13.3. The predicted octanol–water partition coefficient (Wildman–Crippen LogP) is 3.93. The number of hydrogen-bond donors (Lipinski definition) is 0. The molecular weight excluding hydrogens is 297 g/mol. The third-order valence-electron chi connectivity index (χ3n) is 2.80. The van der Waals surface area contributed by atoms with E-state index in [9.17, 15) is 4.39 Å². The lowest BCUT2D eigenvalue weighted by atomic mass is 10.1. The summed E-state index contributed by atoms with van der Waals surface area (Å²) in [5.74, 6) is 1.09. The second kappa shape index (κ2) is 5.72. The standard InChI is InChI=1S/C13H10FN3OS2/c1-8-11(6-19-13-16-15-7-20-13)17-18-12(8)9-2-4-10(14)5-3-9/h2-5,7H,6H2,1H3. The Morgan fingerprint density at radius 2 is 2.10 bits per heavy atom. The zero-order chi connectivity index (χ0) is 13.9. The summed E-state index contributed by atoms with van der Waals surface area (Å²) in [5.41, 5.74) is 4.35. The minimum Gasteiger partial charge on any atom is -0.356 e. The van der Waals surface area contributed by atoms with E-state index in [0.29, 0.717) is 11.5 Å². The van der Waals surface area contributed by atoms with Gasteiger partial charge in [-0.05, 0) is 31.2 Å². The number of hydrogen-bond acceptors (Lipinski definition) is 6. The highest BCUT2D eigenvalue weighted by molar-refractivity contribution is 8.00. The summed E-state index contributed by atoms with van der Waals surface area (Å²) in [6.07, 6.45) is 0. The van der Waals surface area contributed by atoms with Crippen molar-refractivity contribution < 1.29 is 8.91 Å². The van der Waals surface area contributed by atoms with Crippen LogP contribution in [0.5, 0.6) is 0 Å². The summed E-state index contributed by atoms with van der Waals surface area (Å²) in [5, 5.41) is 11.8. The molecule has 0 aliphatic heterocycles. The second-order valence-corrected chi connectivity index (χ2v) is 6.14. The quantitative estimate of drug-likeness (QED) is 0.683. The largest absolute Gasteiger partial charge is 0.356 e. The van der Waals surface area contributed by atoms with E-state index in [1.54, 1.807) is 29.4 Å². The average molecular weight is 307 g/mol. The molecule has 0 spiro atoms. The highest BCUT2D eigenvalue weighted by Gasteiger charge is 2.14. The van der Waals surface area contributed by atoms with Crippen LogP contribution in [0.3, 0.4) is 0 Å². The Bertz CT molecular complexity index is 695. The lowest BCUT2D eigenvalue weighted by molar-refractivity contribution is 0.426. The molecule has 0 fully saturated rings. The third kappa shape index (κ3) is 2.73. The molecule has 0 unspecified atom stereocenters. The maximum Gasteiger partial charge on any atom is 0.174 e. The van der Waals surface area contributed by atoms with Gasteiger partial charge in [0.15, 0.2) is 10.1 Å². The summed E-state index contributed by atoms with van der Waals surface area (Å²) in [7, 11) is 0. The Balaban J connectivity index is 1.79. The Labute approximate surface area is 123 Å². The van der Waals surface area contributed by atoms with E-state index in [1.807, 2.05) is 6.92 Å². The first-order chi connectivity index (χ1) is 9.74. The molecule has 0 atom stereocenters. The Kier molecular flexibility index (Phi) is 3.79. The van der Waals surface area contributed by atoms with E-state index in [0.717, 1.165) is 21.2 Å². The van der Waals surface area contributed by atoms with Crippen LogP contribution in [0.25, 0.3) is 11.3 Å². The van der Waals surface area contributed by atoms with Gasteiger partial charge in [0.25, 0.3) is 0 Å². The molecule has 20 heavy (non-hydrogen) atoms. The van der Waals surface area contributed by atoms with E-state index < -0.39 is 0 Å². The van der Waals surface area contributed by atoms with Gasteiger partial charge in [0.1, 0.15) is 11.3 Å². The number of aromatic nitrogens is 3. The molecule has 3 aromatic rings. The molecule has 0 saturated carbocycles. The fourth-order valence-electron chi connectivity index (χ4n) is 1.73. The molecule has 2 heterocycles. The topological polar surface area (TPSA) is 51.8 Å². The number of nitrogens with zero attached hydrogens (tertiary/aromatic N) is 3. The number of rotatable bonds is 4. The smallest absolute Gasteiger partial charge is 0.174 e. The van der Waals surface area contributed by atoms with E-state index in [2.05, 4.69) is 15.4 Å². The highest BCUT2D eigenvalue weighted by Crippen LogP contribution is 2.30. The fourth-order valence-corrected chi connectivity index (χ4v) is 3.22. The van der Waals surface area contributed by atoms with Crippen molar-refractivity contribution in [3.05, 3.63) is 46.9 Å². The van der Waals surface area contributed by atoms with E-state index >= 15 is 0 Å². The van der Waals surface area contributed by atoms with Crippen molar-refractivity contribution in [1.29, 1.82) is 0 Å². The number of benzene rings is 1. The van der Waals surface area contributed by atoms with Crippen molar-refractivity contribution in [3.8, 4) is 11.3 Å². The van der Waals surface area contributed by atoms with Crippen LogP contribution in [0.2, 0.25) is 0 Å². The predicted molar refractivity (Wildman–Crippen MR) is 76.1 cm³/mol. The van der Waals surface area contributed by atoms with Crippen LogP contribution >= 0.6 is 23.1 Å². The summed E-state index contributed by atoms with van der Waals surface area (Å²) in [4.78, 5) is 0. The van der Waals surface area contributed by atoms with Gasteiger partial charge in [0, 0.05) is 16.9 Å². The van der Waals surface area contributed by atoms with Gasteiger partial charge in [-0.3, -0.25) is 0 Å². The van der Waals surface area contributed by atoms with Gasteiger partial charge in [0.2, 0.25) is 0 Å². The molecule has 0 radical (unpaired) electrons. The average Bonchev–Trinajstić information content (AvgIpc) is 3.08. The van der Waals surface area contributed by atoms with Gasteiger partial charge in [-0.2, -0.15) is 0 Å². The monoisotopic (exact) mass is 307 g/mol. The van der Waals surface area contributed by atoms with Crippen LogP contribution in [-0.2, 0) is 5.75 Å². The van der Waals surface area contributed by atoms with Crippen LogP contribution in [0, 0.1) is 12.7 Å². The van der Waals surface area contributed by atoms with Crippen LogP contribution in [-0.4, -0.2) is 15.4 Å². The maximum absolute atomic E-state index is 12.9. The Morgan fingerprint density at radius 3 is 2.80 bits per heavy atom. The van der Waals surface area contributed by atoms with E-state index in [1.165, 1.54) is 23.5 Å². The molecule has 0 saturated heterocycles. The first-order valence-corrected chi connectivity index (χ1v) is 7.70. The number of thioether (sulfide) groups is 1. The van der Waals surface area contributed by atoms with Crippen molar-refractivity contribution in [2.45, 2.75) is 17.0 Å². The van der Waals surface area contributed by atoms with Gasteiger partial charge < -0.3 is 4.52 Å². The summed E-state index contributed by atoms with van der Waals surface area (Å²) >= 11 is 3.06. The van der Waals surface area contributed by atoms with Crippen molar-refractivity contribution in [3.63, 3.8) is 0 Å². The lowest BCUT2D eigenvalue weighted by Gasteiger charge is -1.98. The molecule has 0 aliphatic carbocycles. The van der Waals surface area contributed by atoms with Crippen LogP contribution < -0.4 is 0 Å². The molecule has 4 nitrogen and oxygen atoms in total. The fraction of sp³-hybridized carbons (Fsp3) is 0.154.